The Morgan fingerprint density at radius 1 is 1.07 bits per heavy atom. The second-order valence-corrected chi connectivity index (χ2v) is 10.5. The molecule has 2 atom stereocenters. The van der Waals surface area contributed by atoms with Crippen LogP contribution in [-0.2, 0) is 22.5 Å². The van der Waals surface area contributed by atoms with Gasteiger partial charge in [-0.25, -0.2) is 14.8 Å². The molecule has 5 rings (SSSR count). The van der Waals surface area contributed by atoms with Gasteiger partial charge >= 0.3 is 0 Å². The Hall–Kier alpha value is -5.42. The van der Waals surface area contributed by atoms with Crippen LogP contribution in [0.15, 0.2) is 107 Å². The van der Waals surface area contributed by atoms with Crippen molar-refractivity contribution in [3.05, 3.63) is 136 Å². The van der Waals surface area contributed by atoms with Gasteiger partial charge in [0.05, 0.1) is 13.7 Å². The van der Waals surface area contributed by atoms with Crippen LogP contribution in [0.3, 0.4) is 0 Å². The number of halogens is 1. The number of ether oxygens (including phenoxy) is 3. The van der Waals surface area contributed by atoms with Crippen LogP contribution in [0.25, 0.3) is 10.4 Å². The molecular formula is C34H33FN6O5. The van der Waals surface area contributed by atoms with Gasteiger partial charge in [0.15, 0.2) is 11.6 Å². The SMILES string of the molecule is COc1cccc([C@@H]2OC(c3ccc(OCCCO)cc3)=N[C@]2(Cc2ccccc2N=[N+]=[N-])C(=O)NNCc2cccc(F)c2)c1. The number of carbonyl (C=O) groups excluding carboxylic acids is 1. The molecule has 0 saturated carbocycles. The third-order valence-electron chi connectivity index (χ3n) is 7.41. The maximum atomic E-state index is 14.4. The van der Waals surface area contributed by atoms with Gasteiger partial charge in [-0.05, 0) is 70.8 Å². The molecule has 1 heterocycles. The van der Waals surface area contributed by atoms with Crippen LogP contribution in [-0.4, -0.2) is 42.8 Å². The van der Waals surface area contributed by atoms with Crippen LogP contribution < -0.4 is 20.3 Å². The maximum absolute atomic E-state index is 14.4. The third kappa shape index (κ3) is 7.44. The van der Waals surface area contributed by atoms with Crippen LogP contribution >= 0.6 is 0 Å². The zero-order chi connectivity index (χ0) is 32.4. The van der Waals surface area contributed by atoms with Crippen molar-refractivity contribution in [1.82, 2.24) is 10.9 Å². The number of benzene rings is 4. The van der Waals surface area contributed by atoms with Crippen LogP contribution in [0.4, 0.5) is 10.1 Å². The number of hydrogen-bond donors (Lipinski definition) is 3. The molecule has 46 heavy (non-hydrogen) atoms. The van der Waals surface area contributed by atoms with E-state index in [1.807, 2.05) is 6.07 Å². The number of methoxy groups -OCH3 is 1. The molecule has 12 heteroatoms. The van der Waals surface area contributed by atoms with Crippen LogP contribution in [0.1, 0.15) is 34.8 Å². The highest BCUT2D eigenvalue weighted by atomic mass is 19.1. The van der Waals surface area contributed by atoms with Gasteiger partial charge in [-0.15, -0.1) is 0 Å². The highest BCUT2D eigenvalue weighted by Gasteiger charge is 2.53. The standard InChI is InChI=1S/C34H33FN6O5/c1-44-29-11-5-9-25(20-29)31-34(21-26-8-2-3-12-30(26)39-41-36,33(43)40-37-22-23-7-4-10-27(35)19-23)38-32(46-31)24-13-15-28(16-14-24)45-18-6-17-42/h2-5,7-16,19-20,31,37,42H,6,17-18,21-22H2,1H3,(H,40,43)/t31-,34-/m0/s1. The number of nitrogens with zero attached hydrogens (tertiary/aromatic N) is 4. The fraction of sp³-hybridized carbons (Fsp3) is 0.235. The topological polar surface area (TPSA) is 150 Å². The normalized spacial score (nSPS) is 16.9. The summed E-state index contributed by atoms with van der Waals surface area (Å²) in [5.41, 5.74) is 16.1. The Morgan fingerprint density at radius 3 is 2.63 bits per heavy atom. The number of hydrogen-bond acceptors (Lipinski definition) is 8. The van der Waals surface area contributed by atoms with Gasteiger partial charge in [-0.3, -0.25) is 10.2 Å². The molecule has 0 radical (unpaired) electrons. The molecule has 0 saturated heterocycles. The lowest BCUT2D eigenvalue weighted by Crippen LogP contribution is -2.53. The fourth-order valence-electron chi connectivity index (χ4n) is 5.16. The summed E-state index contributed by atoms with van der Waals surface area (Å²) in [6, 6.07) is 27.3. The zero-order valence-electron chi connectivity index (χ0n) is 25.1. The average Bonchev–Trinajstić information content (AvgIpc) is 3.47. The number of rotatable bonds is 14. The number of azide groups is 1. The lowest BCUT2D eigenvalue weighted by Gasteiger charge is -2.31. The van der Waals surface area contributed by atoms with E-state index in [0.29, 0.717) is 52.5 Å². The minimum atomic E-state index is -1.60. The van der Waals surface area contributed by atoms with E-state index in [2.05, 4.69) is 20.9 Å². The summed E-state index contributed by atoms with van der Waals surface area (Å²) < 4.78 is 31.5. The molecule has 11 nitrogen and oxygen atoms in total. The molecule has 0 aromatic heterocycles. The molecule has 0 fully saturated rings. The van der Waals surface area contributed by atoms with E-state index in [9.17, 15) is 14.7 Å². The first kappa shape index (κ1) is 32.0. The van der Waals surface area contributed by atoms with Crippen molar-refractivity contribution >= 4 is 17.5 Å². The Kier molecular flexibility index (Phi) is 10.5. The number of amides is 1. The Bertz CT molecular complexity index is 1740. The van der Waals surface area contributed by atoms with E-state index in [1.54, 1.807) is 86.0 Å². The molecular weight excluding hydrogens is 591 g/mol. The number of nitrogens with one attached hydrogen (secondary N) is 2. The van der Waals surface area contributed by atoms with Crippen molar-refractivity contribution in [2.45, 2.75) is 31.0 Å². The van der Waals surface area contributed by atoms with Gasteiger partial charge in [0.2, 0.25) is 5.90 Å². The molecule has 3 N–H and O–H groups in total. The first-order valence-electron chi connectivity index (χ1n) is 14.6. The van der Waals surface area contributed by atoms with Crippen molar-refractivity contribution in [3.63, 3.8) is 0 Å². The van der Waals surface area contributed by atoms with Crippen LogP contribution in [0.2, 0.25) is 0 Å². The highest BCUT2D eigenvalue weighted by molar-refractivity contribution is 6.01. The number of carbonyl (C=O) groups is 1. The quantitative estimate of drug-likeness (QED) is 0.0526. The monoisotopic (exact) mass is 624 g/mol. The molecule has 0 bridgehead atoms. The van der Waals surface area contributed by atoms with Crippen molar-refractivity contribution in [1.29, 1.82) is 0 Å². The molecule has 1 aliphatic heterocycles. The second-order valence-electron chi connectivity index (χ2n) is 10.5. The van der Waals surface area contributed by atoms with E-state index >= 15 is 0 Å². The summed E-state index contributed by atoms with van der Waals surface area (Å²) in [6.45, 7) is 0.536. The van der Waals surface area contributed by atoms with E-state index in [0.717, 1.165) is 0 Å². The lowest BCUT2D eigenvalue weighted by molar-refractivity contribution is -0.130. The summed E-state index contributed by atoms with van der Waals surface area (Å²) in [5, 5.41) is 12.9. The lowest BCUT2D eigenvalue weighted by atomic mass is 9.81. The molecule has 236 valence electrons. The molecule has 1 aliphatic rings. The van der Waals surface area contributed by atoms with Crippen molar-refractivity contribution in [2.75, 3.05) is 20.3 Å². The predicted molar refractivity (Wildman–Crippen MR) is 170 cm³/mol. The number of aliphatic imine (C=N–C) groups is 1. The van der Waals surface area contributed by atoms with Gasteiger partial charge in [-0.2, -0.15) is 0 Å². The summed E-state index contributed by atoms with van der Waals surface area (Å²) in [6.07, 6.45) is -0.432. The van der Waals surface area contributed by atoms with Gasteiger partial charge in [0.25, 0.3) is 5.91 Å². The van der Waals surface area contributed by atoms with Gasteiger partial charge in [-0.1, -0.05) is 53.6 Å². The van der Waals surface area contributed by atoms with Crippen molar-refractivity contribution < 1.29 is 28.5 Å². The summed E-state index contributed by atoms with van der Waals surface area (Å²) in [7, 11) is 1.55. The van der Waals surface area contributed by atoms with Crippen LogP contribution in [0, 0.1) is 5.82 Å². The first-order chi connectivity index (χ1) is 22.5. The van der Waals surface area contributed by atoms with E-state index in [4.69, 9.17) is 24.3 Å². The zero-order valence-corrected chi connectivity index (χ0v) is 25.1. The van der Waals surface area contributed by atoms with Gasteiger partial charge < -0.3 is 19.3 Å². The number of aliphatic hydroxyl groups excluding tert-OH is 1. The maximum Gasteiger partial charge on any atom is 0.266 e. The highest BCUT2D eigenvalue weighted by Crippen LogP contribution is 2.44. The van der Waals surface area contributed by atoms with E-state index in [1.165, 1.54) is 12.1 Å². The summed E-state index contributed by atoms with van der Waals surface area (Å²) >= 11 is 0. The Balaban J connectivity index is 1.57. The minimum Gasteiger partial charge on any atom is -0.497 e. The Labute approximate surface area is 265 Å². The van der Waals surface area contributed by atoms with E-state index in [-0.39, 0.29) is 25.5 Å². The largest absolute Gasteiger partial charge is 0.497 e. The molecule has 1 amide bonds. The van der Waals surface area contributed by atoms with Crippen molar-refractivity contribution in [3.8, 4) is 11.5 Å². The molecule has 0 unspecified atom stereocenters. The van der Waals surface area contributed by atoms with Crippen LogP contribution in [0.5, 0.6) is 11.5 Å². The second kappa shape index (κ2) is 15.0. The number of hydrazine groups is 1. The first-order valence-corrected chi connectivity index (χ1v) is 14.6. The smallest absolute Gasteiger partial charge is 0.266 e. The summed E-state index contributed by atoms with van der Waals surface area (Å²) in [5.74, 6) is 0.474. The fourth-order valence-corrected chi connectivity index (χ4v) is 5.16. The van der Waals surface area contributed by atoms with E-state index < -0.39 is 23.4 Å². The molecule has 4 aromatic rings. The molecule has 0 aliphatic carbocycles. The number of aliphatic hydroxyl groups is 1. The van der Waals surface area contributed by atoms with Crippen molar-refractivity contribution in [2.24, 2.45) is 10.1 Å². The van der Waals surface area contributed by atoms with Gasteiger partial charge in [0, 0.05) is 42.2 Å². The predicted octanol–water partition coefficient (Wildman–Crippen LogP) is 5.86. The van der Waals surface area contributed by atoms with Gasteiger partial charge in [0.1, 0.15) is 17.3 Å². The third-order valence-corrected chi connectivity index (χ3v) is 7.41. The molecule has 4 aromatic carbocycles. The average molecular weight is 625 g/mol. The summed E-state index contributed by atoms with van der Waals surface area (Å²) in [4.78, 5) is 22.3. The molecule has 0 spiro atoms. The minimum absolute atomic E-state index is 0.00338. The Morgan fingerprint density at radius 2 is 1.87 bits per heavy atom.